The van der Waals surface area contributed by atoms with Gasteiger partial charge < -0.3 is 4.90 Å². The van der Waals surface area contributed by atoms with Crippen LogP contribution in [0.5, 0.6) is 0 Å². The third-order valence-electron chi connectivity index (χ3n) is 5.14. The predicted octanol–water partition coefficient (Wildman–Crippen LogP) is 1.19. The molecule has 3 aliphatic rings. The molecule has 1 aromatic heterocycles. The summed E-state index contributed by atoms with van der Waals surface area (Å²) in [6.45, 7) is 3.01. The zero-order valence-electron chi connectivity index (χ0n) is 13.4. The van der Waals surface area contributed by atoms with E-state index in [1.54, 1.807) is 4.31 Å². The lowest BCUT2D eigenvalue weighted by Gasteiger charge is -2.33. The normalized spacial score (nSPS) is 24.4. The first-order chi connectivity index (χ1) is 11.1. The van der Waals surface area contributed by atoms with Crippen LogP contribution in [0.25, 0.3) is 0 Å². The Morgan fingerprint density at radius 3 is 2.43 bits per heavy atom. The van der Waals surface area contributed by atoms with Crippen molar-refractivity contribution in [1.82, 2.24) is 19.2 Å². The van der Waals surface area contributed by atoms with Gasteiger partial charge in [-0.2, -0.15) is 22.5 Å². The standard InChI is InChI=1S/C15H25N5O2S/c21-23(22,20-7-1-2-8-20)18-13-5-9-19(10-6-13)15-11-14(16-17-15)12-3-4-12/h11-13,18H,1-10H2,(H,16,17). The van der Waals surface area contributed by atoms with Crippen LogP contribution in [-0.2, 0) is 10.2 Å². The number of nitrogens with one attached hydrogen (secondary N) is 2. The first-order valence-electron chi connectivity index (χ1n) is 8.69. The van der Waals surface area contributed by atoms with Crippen molar-refractivity contribution in [3.05, 3.63) is 11.8 Å². The number of aromatic amines is 1. The molecule has 8 heteroatoms. The first kappa shape index (κ1) is 15.4. The Morgan fingerprint density at radius 2 is 1.78 bits per heavy atom. The fourth-order valence-corrected chi connectivity index (χ4v) is 5.08. The summed E-state index contributed by atoms with van der Waals surface area (Å²) >= 11 is 0. The Kier molecular flexibility index (Phi) is 4.07. The van der Waals surface area contributed by atoms with Crippen LogP contribution in [-0.4, -0.2) is 55.1 Å². The summed E-state index contributed by atoms with van der Waals surface area (Å²) < 4.78 is 29.1. The van der Waals surface area contributed by atoms with E-state index in [1.165, 1.54) is 18.5 Å². The van der Waals surface area contributed by atoms with Crippen molar-refractivity contribution in [1.29, 1.82) is 0 Å². The molecule has 0 aromatic carbocycles. The smallest absolute Gasteiger partial charge is 0.279 e. The second-order valence-electron chi connectivity index (χ2n) is 6.95. The van der Waals surface area contributed by atoms with Crippen LogP contribution in [0.4, 0.5) is 5.82 Å². The molecule has 23 heavy (non-hydrogen) atoms. The second kappa shape index (κ2) is 6.07. The zero-order valence-corrected chi connectivity index (χ0v) is 14.2. The van der Waals surface area contributed by atoms with Gasteiger partial charge >= 0.3 is 0 Å². The molecule has 2 aliphatic heterocycles. The van der Waals surface area contributed by atoms with Crippen molar-refractivity contribution in [2.24, 2.45) is 0 Å². The maximum absolute atomic E-state index is 12.3. The molecule has 1 aliphatic carbocycles. The number of H-pyrrole nitrogens is 1. The number of nitrogens with zero attached hydrogens (tertiary/aromatic N) is 3. The van der Waals surface area contributed by atoms with Crippen molar-refractivity contribution >= 4 is 16.0 Å². The van der Waals surface area contributed by atoms with E-state index in [1.807, 2.05) is 0 Å². The molecule has 4 rings (SSSR count). The van der Waals surface area contributed by atoms with Gasteiger partial charge in [-0.25, -0.2) is 0 Å². The van der Waals surface area contributed by atoms with Gasteiger partial charge in [-0.1, -0.05) is 0 Å². The maximum Gasteiger partial charge on any atom is 0.279 e. The number of piperidine rings is 1. The summed E-state index contributed by atoms with van der Waals surface area (Å²) in [5.74, 6) is 1.69. The molecule has 0 bridgehead atoms. The molecule has 1 saturated carbocycles. The fourth-order valence-electron chi connectivity index (χ4n) is 3.53. The number of aromatic nitrogens is 2. The van der Waals surface area contributed by atoms with Crippen molar-refractivity contribution in [2.45, 2.75) is 50.5 Å². The molecule has 0 amide bonds. The molecule has 2 saturated heterocycles. The molecule has 128 valence electrons. The predicted molar refractivity (Wildman–Crippen MR) is 88.7 cm³/mol. The number of rotatable bonds is 5. The highest BCUT2D eigenvalue weighted by molar-refractivity contribution is 7.87. The van der Waals surface area contributed by atoms with Gasteiger partial charge in [-0.3, -0.25) is 5.10 Å². The van der Waals surface area contributed by atoms with Gasteiger partial charge in [-0.15, -0.1) is 0 Å². The Hall–Kier alpha value is -1.12. The lowest BCUT2D eigenvalue weighted by molar-refractivity contribution is 0.420. The SMILES string of the molecule is O=S(=O)(NC1CCN(c2cc(C3CC3)[nH]n2)CC1)N1CCCC1. The molecule has 0 unspecified atom stereocenters. The monoisotopic (exact) mass is 339 g/mol. The van der Waals surface area contributed by atoms with Crippen LogP contribution < -0.4 is 9.62 Å². The van der Waals surface area contributed by atoms with Crippen LogP contribution in [0.15, 0.2) is 6.07 Å². The molecule has 1 aromatic rings. The van der Waals surface area contributed by atoms with Crippen molar-refractivity contribution in [2.75, 3.05) is 31.1 Å². The van der Waals surface area contributed by atoms with Crippen LogP contribution in [0.1, 0.15) is 50.1 Å². The van der Waals surface area contributed by atoms with Gasteiger partial charge in [0, 0.05) is 49.9 Å². The Bertz CT molecular complexity index is 641. The van der Waals surface area contributed by atoms with E-state index < -0.39 is 10.2 Å². The highest BCUT2D eigenvalue weighted by atomic mass is 32.2. The van der Waals surface area contributed by atoms with E-state index in [2.05, 4.69) is 25.9 Å². The van der Waals surface area contributed by atoms with Gasteiger partial charge in [-0.05, 0) is 38.5 Å². The molecule has 0 atom stereocenters. The van der Waals surface area contributed by atoms with E-state index in [9.17, 15) is 8.42 Å². The Balaban J connectivity index is 1.31. The van der Waals surface area contributed by atoms with Crippen molar-refractivity contribution in [3.8, 4) is 0 Å². The summed E-state index contributed by atoms with van der Waals surface area (Å²) in [6, 6.07) is 2.20. The van der Waals surface area contributed by atoms with Crippen LogP contribution >= 0.6 is 0 Å². The van der Waals surface area contributed by atoms with Crippen LogP contribution in [0.3, 0.4) is 0 Å². The Morgan fingerprint density at radius 1 is 1.09 bits per heavy atom. The van der Waals surface area contributed by atoms with Gasteiger partial charge in [0.05, 0.1) is 0 Å². The summed E-state index contributed by atoms with van der Waals surface area (Å²) in [7, 11) is -3.30. The fraction of sp³-hybridized carbons (Fsp3) is 0.800. The van der Waals surface area contributed by atoms with Crippen LogP contribution in [0.2, 0.25) is 0 Å². The van der Waals surface area contributed by atoms with E-state index in [4.69, 9.17) is 0 Å². The van der Waals surface area contributed by atoms with Crippen molar-refractivity contribution in [3.63, 3.8) is 0 Å². The number of anilines is 1. The summed E-state index contributed by atoms with van der Waals surface area (Å²) in [4.78, 5) is 2.25. The quantitative estimate of drug-likeness (QED) is 0.844. The summed E-state index contributed by atoms with van der Waals surface area (Å²) in [6.07, 6.45) is 6.14. The number of hydrogen-bond acceptors (Lipinski definition) is 4. The summed E-state index contributed by atoms with van der Waals surface area (Å²) in [5.41, 5.74) is 1.25. The topological polar surface area (TPSA) is 81.3 Å². The highest BCUT2D eigenvalue weighted by Gasteiger charge is 2.31. The van der Waals surface area contributed by atoms with Crippen molar-refractivity contribution < 1.29 is 8.42 Å². The average molecular weight is 339 g/mol. The lowest BCUT2D eigenvalue weighted by atomic mass is 10.1. The van der Waals surface area contributed by atoms with Gasteiger partial charge in [0.1, 0.15) is 0 Å². The molecule has 0 spiro atoms. The second-order valence-corrected chi connectivity index (χ2v) is 8.65. The minimum atomic E-state index is -3.30. The van der Waals surface area contributed by atoms with E-state index in [0.29, 0.717) is 19.0 Å². The molecule has 3 heterocycles. The molecular weight excluding hydrogens is 314 g/mol. The van der Waals surface area contributed by atoms with E-state index in [-0.39, 0.29) is 6.04 Å². The molecule has 0 radical (unpaired) electrons. The lowest BCUT2D eigenvalue weighted by Crippen LogP contribution is -2.49. The van der Waals surface area contributed by atoms with E-state index in [0.717, 1.165) is 44.6 Å². The maximum atomic E-state index is 12.3. The molecular formula is C15H25N5O2S. The third-order valence-corrected chi connectivity index (χ3v) is 6.82. The third kappa shape index (κ3) is 3.39. The molecule has 3 fully saturated rings. The van der Waals surface area contributed by atoms with Gasteiger partial charge in [0.15, 0.2) is 5.82 Å². The minimum Gasteiger partial charge on any atom is -0.355 e. The largest absolute Gasteiger partial charge is 0.355 e. The van der Waals surface area contributed by atoms with E-state index >= 15 is 0 Å². The Labute approximate surface area is 137 Å². The van der Waals surface area contributed by atoms with Gasteiger partial charge in [0.2, 0.25) is 0 Å². The molecule has 7 nitrogen and oxygen atoms in total. The minimum absolute atomic E-state index is 0.0405. The average Bonchev–Trinajstić information content (AvgIpc) is 3.05. The summed E-state index contributed by atoms with van der Waals surface area (Å²) in [5, 5.41) is 7.56. The zero-order chi connectivity index (χ0) is 15.9. The highest BCUT2D eigenvalue weighted by Crippen LogP contribution is 2.40. The molecule has 2 N–H and O–H groups in total. The van der Waals surface area contributed by atoms with Gasteiger partial charge in [0.25, 0.3) is 10.2 Å². The number of hydrogen-bond donors (Lipinski definition) is 2. The first-order valence-corrected chi connectivity index (χ1v) is 10.1. The van der Waals surface area contributed by atoms with Crippen LogP contribution in [0, 0.1) is 0 Å².